The highest BCUT2D eigenvalue weighted by Gasteiger charge is 2.31. The molecule has 0 radical (unpaired) electrons. The van der Waals surface area contributed by atoms with E-state index in [0.717, 1.165) is 44.3 Å². The van der Waals surface area contributed by atoms with Gasteiger partial charge in [-0.05, 0) is 37.0 Å². The van der Waals surface area contributed by atoms with Crippen molar-refractivity contribution in [1.29, 1.82) is 0 Å². The second kappa shape index (κ2) is 6.86. The van der Waals surface area contributed by atoms with E-state index in [4.69, 9.17) is 0 Å². The Morgan fingerprint density at radius 3 is 2.83 bits per heavy atom. The van der Waals surface area contributed by atoms with Gasteiger partial charge >= 0.3 is 6.03 Å². The van der Waals surface area contributed by atoms with Crippen molar-refractivity contribution < 1.29 is 9.59 Å². The Morgan fingerprint density at radius 2 is 2.09 bits per heavy atom. The van der Waals surface area contributed by atoms with E-state index < -0.39 is 0 Å². The van der Waals surface area contributed by atoms with Crippen LogP contribution in [0.4, 0.5) is 16.2 Å². The van der Waals surface area contributed by atoms with Gasteiger partial charge in [0, 0.05) is 30.4 Å². The molecule has 0 bridgehead atoms. The first-order chi connectivity index (χ1) is 11.2. The third kappa shape index (κ3) is 3.38. The molecule has 1 aromatic rings. The van der Waals surface area contributed by atoms with E-state index in [2.05, 4.69) is 17.2 Å². The summed E-state index contributed by atoms with van der Waals surface area (Å²) in [5, 5.41) is 5.48. The Kier molecular flexibility index (Phi) is 4.65. The van der Waals surface area contributed by atoms with Crippen molar-refractivity contribution in [3.8, 4) is 0 Å². The van der Waals surface area contributed by atoms with E-state index in [-0.39, 0.29) is 17.9 Å². The van der Waals surface area contributed by atoms with Crippen LogP contribution in [-0.4, -0.2) is 25.0 Å². The first kappa shape index (κ1) is 15.6. The van der Waals surface area contributed by atoms with Crippen LogP contribution < -0.4 is 15.5 Å². The number of urea groups is 1. The predicted octanol–water partition coefficient (Wildman–Crippen LogP) is 3.07. The van der Waals surface area contributed by atoms with Gasteiger partial charge in [-0.25, -0.2) is 4.79 Å². The van der Waals surface area contributed by atoms with Crippen LogP contribution in [0.25, 0.3) is 0 Å². The number of nitrogens with zero attached hydrogens (tertiary/aromatic N) is 1. The Morgan fingerprint density at radius 1 is 1.30 bits per heavy atom. The summed E-state index contributed by atoms with van der Waals surface area (Å²) in [7, 11) is 0. The molecule has 1 saturated carbocycles. The van der Waals surface area contributed by atoms with E-state index in [9.17, 15) is 9.59 Å². The number of hydrogen-bond donors (Lipinski definition) is 2. The van der Waals surface area contributed by atoms with Crippen LogP contribution in [0.1, 0.15) is 31.2 Å². The minimum Gasteiger partial charge on any atom is -0.334 e. The van der Waals surface area contributed by atoms with Gasteiger partial charge in [-0.2, -0.15) is 0 Å². The molecule has 1 aliphatic heterocycles. The molecule has 23 heavy (non-hydrogen) atoms. The molecular formula is C18H23N3O2. The summed E-state index contributed by atoms with van der Waals surface area (Å²) in [4.78, 5) is 26.3. The summed E-state index contributed by atoms with van der Waals surface area (Å²) in [6.07, 6.45) is 6.84. The number of hydrogen-bond acceptors (Lipinski definition) is 2. The maximum Gasteiger partial charge on any atom is 0.319 e. The van der Waals surface area contributed by atoms with E-state index >= 15 is 0 Å². The molecule has 122 valence electrons. The number of anilines is 2. The summed E-state index contributed by atoms with van der Waals surface area (Å²) in [5.41, 5.74) is 2.83. The highest BCUT2D eigenvalue weighted by molar-refractivity contribution is 5.98. The molecule has 5 heteroatoms. The van der Waals surface area contributed by atoms with Gasteiger partial charge in [0.15, 0.2) is 0 Å². The van der Waals surface area contributed by atoms with Gasteiger partial charge < -0.3 is 15.5 Å². The molecule has 0 unspecified atom stereocenters. The fourth-order valence-corrected chi connectivity index (χ4v) is 3.42. The lowest BCUT2D eigenvalue weighted by Crippen LogP contribution is -2.34. The molecule has 1 heterocycles. The summed E-state index contributed by atoms with van der Waals surface area (Å²) in [5.74, 6) is 0.419. The van der Waals surface area contributed by atoms with Crippen molar-refractivity contribution in [2.24, 2.45) is 5.92 Å². The predicted molar refractivity (Wildman–Crippen MR) is 91.7 cm³/mol. The monoisotopic (exact) mass is 313 g/mol. The lowest BCUT2D eigenvalue weighted by molar-refractivity contribution is -0.122. The van der Waals surface area contributed by atoms with Crippen LogP contribution in [0.5, 0.6) is 0 Å². The summed E-state index contributed by atoms with van der Waals surface area (Å²) in [6, 6.07) is 5.52. The number of carbonyl (C=O) groups is 2. The number of carbonyl (C=O) groups excluding carboxylic acids is 2. The minimum atomic E-state index is -0.267. The highest BCUT2D eigenvalue weighted by atomic mass is 16.2. The third-order valence-corrected chi connectivity index (χ3v) is 4.62. The van der Waals surface area contributed by atoms with Gasteiger partial charge in [0.25, 0.3) is 0 Å². The summed E-state index contributed by atoms with van der Waals surface area (Å²) >= 11 is 0. The molecule has 2 aliphatic rings. The molecular weight excluding hydrogens is 290 g/mol. The first-order valence-corrected chi connectivity index (χ1v) is 8.29. The van der Waals surface area contributed by atoms with Crippen molar-refractivity contribution in [3.63, 3.8) is 0 Å². The Balaban J connectivity index is 1.73. The lowest BCUT2D eigenvalue weighted by atomic mass is 10.1. The van der Waals surface area contributed by atoms with Crippen molar-refractivity contribution in [3.05, 3.63) is 36.4 Å². The average molecular weight is 313 g/mol. The topological polar surface area (TPSA) is 61.4 Å². The standard InChI is InChI=1S/C18H23N3O2/c1-2-10-19-18(23)20-15-8-7-13-9-11-21(16(13)12-15)17(22)14-5-3-4-6-14/h2,7-8,12,14H,1,3-6,9-11H2,(H2,19,20,23). The summed E-state index contributed by atoms with van der Waals surface area (Å²) < 4.78 is 0. The number of amides is 3. The van der Waals surface area contributed by atoms with E-state index in [1.165, 1.54) is 5.56 Å². The SMILES string of the molecule is C=CCNC(=O)Nc1ccc2c(c1)N(C(=O)C1CCCC1)CC2. The van der Waals surface area contributed by atoms with Gasteiger partial charge in [0.1, 0.15) is 0 Å². The maximum absolute atomic E-state index is 12.7. The van der Waals surface area contributed by atoms with Crippen LogP contribution in [0.15, 0.2) is 30.9 Å². The smallest absolute Gasteiger partial charge is 0.319 e. The van der Waals surface area contributed by atoms with E-state index in [1.54, 1.807) is 6.08 Å². The molecule has 1 aliphatic carbocycles. The Bertz CT molecular complexity index is 621. The first-order valence-electron chi connectivity index (χ1n) is 8.29. The zero-order valence-corrected chi connectivity index (χ0v) is 13.3. The van der Waals surface area contributed by atoms with Gasteiger partial charge in [0.05, 0.1) is 0 Å². The normalized spacial score (nSPS) is 17.0. The van der Waals surface area contributed by atoms with Crippen molar-refractivity contribution in [2.75, 3.05) is 23.3 Å². The minimum absolute atomic E-state index is 0.174. The van der Waals surface area contributed by atoms with Crippen LogP contribution in [0.3, 0.4) is 0 Å². The molecule has 0 spiro atoms. The second-order valence-corrected chi connectivity index (χ2v) is 6.19. The largest absolute Gasteiger partial charge is 0.334 e. The average Bonchev–Trinajstić information content (AvgIpc) is 3.21. The molecule has 0 aromatic heterocycles. The molecule has 2 N–H and O–H groups in total. The Labute approximate surface area is 136 Å². The number of fused-ring (bicyclic) bond motifs is 1. The fourth-order valence-electron chi connectivity index (χ4n) is 3.42. The van der Waals surface area contributed by atoms with Gasteiger partial charge in [-0.3, -0.25) is 4.79 Å². The molecule has 0 atom stereocenters. The molecule has 5 nitrogen and oxygen atoms in total. The van der Waals surface area contributed by atoms with Crippen molar-refractivity contribution in [2.45, 2.75) is 32.1 Å². The van der Waals surface area contributed by atoms with Crippen molar-refractivity contribution >= 4 is 23.3 Å². The molecule has 0 saturated heterocycles. The van der Waals surface area contributed by atoms with Gasteiger partial charge in [-0.15, -0.1) is 6.58 Å². The number of benzene rings is 1. The van der Waals surface area contributed by atoms with E-state index in [0.29, 0.717) is 12.2 Å². The van der Waals surface area contributed by atoms with Gasteiger partial charge in [0.2, 0.25) is 5.91 Å². The fraction of sp³-hybridized carbons (Fsp3) is 0.444. The van der Waals surface area contributed by atoms with Crippen LogP contribution in [0, 0.1) is 5.92 Å². The van der Waals surface area contributed by atoms with Crippen molar-refractivity contribution in [1.82, 2.24) is 5.32 Å². The third-order valence-electron chi connectivity index (χ3n) is 4.62. The molecule has 1 aromatic carbocycles. The number of rotatable bonds is 4. The second-order valence-electron chi connectivity index (χ2n) is 6.19. The quantitative estimate of drug-likeness (QED) is 0.839. The van der Waals surface area contributed by atoms with Crippen LogP contribution in [-0.2, 0) is 11.2 Å². The molecule has 1 fully saturated rings. The Hall–Kier alpha value is -2.30. The number of nitrogens with one attached hydrogen (secondary N) is 2. The molecule has 3 amide bonds. The van der Waals surface area contributed by atoms with E-state index in [1.807, 2.05) is 23.1 Å². The van der Waals surface area contributed by atoms with Gasteiger partial charge in [-0.1, -0.05) is 25.0 Å². The zero-order valence-electron chi connectivity index (χ0n) is 13.3. The molecule has 3 rings (SSSR count). The van der Waals surface area contributed by atoms with Crippen LogP contribution in [0.2, 0.25) is 0 Å². The summed E-state index contributed by atoms with van der Waals surface area (Å²) in [6.45, 7) is 4.73. The van der Waals surface area contributed by atoms with Crippen LogP contribution >= 0.6 is 0 Å². The maximum atomic E-state index is 12.7. The highest BCUT2D eigenvalue weighted by Crippen LogP contribution is 2.35. The lowest BCUT2D eigenvalue weighted by Gasteiger charge is -2.21. The zero-order chi connectivity index (χ0) is 16.2.